The fourth-order valence-electron chi connectivity index (χ4n) is 4.27. The highest BCUT2D eigenvalue weighted by Gasteiger charge is 2.26. The van der Waals surface area contributed by atoms with Gasteiger partial charge in [0.05, 0.1) is 36.5 Å². The molecule has 5 rings (SSSR count). The Hall–Kier alpha value is -2.97. The van der Waals surface area contributed by atoms with Gasteiger partial charge in [-0.05, 0) is 50.2 Å². The summed E-state index contributed by atoms with van der Waals surface area (Å²) in [5.41, 5.74) is 2.42. The molecule has 3 aromatic rings. The third kappa shape index (κ3) is 4.13. The molecule has 2 fully saturated rings. The minimum absolute atomic E-state index is 0.117. The van der Waals surface area contributed by atoms with Crippen molar-refractivity contribution in [3.8, 4) is 17.0 Å². The quantitative estimate of drug-likeness (QED) is 0.691. The van der Waals surface area contributed by atoms with E-state index in [0.717, 1.165) is 48.6 Å². The van der Waals surface area contributed by atoms with E-state index in [0.29, 0.717) is 24.8 Å². The fourth-order valence-corrected chi connectivity index (χ4v) is 4.27. The molecule has 2 aliphatic rings. The normalized spacial score (nSPS) is 22.1. The van der Waals surface area contributed by atoms with Crippen molar-refractivity contribution in [2.75, 3.05) is 49.2 Å². The lowest BCUT2D eigenvalue weighted by Crippen LogP contribution is -2.46. The van der Waals surface area contributed by atoms with E-state index in [-0.39, 0.29) is 18.0 Å². The van der Waals surface area contributed by atoms with Crippen LogP contribution >= 0.6 is 0 Å². The summed E-state index contributed by atoms with van der Waals surface area (Å²) in [4.78, 5) is 19.2. The van der Waals surface area contributed by atoms with E-state index in [9.17, 15) is 5.11 Å². The van der Waals surface area contributed by atoms with Crippen molar-refractivity contribution in [2.45, 2.75) is 26.1 Å². The highest BCUT2D eigenvalue weighted by atomic mass is 16.5. The van der Waals surface area contributed by atoms with Gasteiger partial charge in [-0.2, -0.15) is 9.97 Å². The van der Waals surface area contributed by atoms with E-state index in [2.05, 4.69) is 23.6 Å². The first-order valence-electron chi connectivity index (χ1n) is 10.8. The highest BCUT2D eigenvalue weighted by Crippen LogP contribution is 2.30. The summed E-state index contributed by atoms with van der Waals surface area (Å²) in [7, 11) is 0. The van der Waals surface area contributed by atoms with Crippen molar-refractivity contribution in [1.82, 2.24) is 15.0 Å². The Bertz CT molecular complexity index is 1060. The number of benzene rings is 1. The van der Waals surface area contributed by atoms with Gasteiger partial charge >= 0.3 is 0 Å². The van der Waals surface area contributed by atoms with E-state index in [1.807, 2.05) is 24.3 Å². The van der Waals surface area contributed by atoms with Crippen molar-refractivity contribution in [3.05, 3.63) is 36.4 Å². The fraction of sp³-hybridized carbons (Fsp3) is 0.435. The van der Waals surface area contributed by atoms with Gasteiger partial charge in [0.2, 0.25) is 5.95 Å². The largest absolute Gasteiger partial charge is 0.508 e. The van der Waals surface area contributed by atoms with Gasteiger partial charge in [0, 0.05) is 31.7 Å². The number of phenolic OH excluding ortho intramolecular Hbond substituents is 1. The number of rotatable bonds is 3. The van der Waals surface area contributed by atoms with Gasteiger partial charge in [-0.3, -0.25) is 0 Å². The van der Waals surface area contributed by atoms with Crippen LogP contribution in [0.25, 0.3) is 22.3 Å². The van der Waals surface area contributed by atoms with Crippen LogP contribution in [0.15, 0.2) is 36.4 Å². The van der Waals surface area contributed by atoms with Gasteiger partial charge in [-0.25, -0.2) is 4.98 Å². The van der Waals surface area contributed by atoms with Gasteiger partial charge < -0.3 is 24.4 Å². The second kappa shape index (κ2) is 8.28. The number of anilines is 2. The number of morpholine rings is 2. The average Bonchev–Trinajstić information content (AvgIpc) is 2.78. The minimum atomic E-state index is 0.117. The number of pyridine rings is 1. The van der Waals surface area contributed by atoms with E-state index >= 15 is 0 Å². The molecule has 0 aliphatic carbocycles. The number of hydrogen-bond donors (Lipinski definition) is 1. The standard InChI is InChI=1S/C23H27N5O3/c1-15-13-28(14-16(2)31-15)23-25-21-19(22(26-23)27-9-11-30-12-10-27)7-8-20(24-21)17-3-5-18(29)6-4-17/h3-8,15-16,29H,9-14H2,1-2H3. The second-order valence-electron chi connectivity index (χ2n) is 8.22. The smallest absolute Gasteiger partial charge is 0.229 e. The molecule has 8 nitrogen and oxygen atoms in total. The zero-order chi connectivity index (χ0) is 21.4. The first-order valence-corrected chi connectivity index (χ1v) is 10.8. The molecular weight excluding hydrogens is 394 g/mol. The Kier molecular flexibility index (Phi) is 5.33. The Labute approximate surface area is 181 Å². The molecule has 2 unspecified atom stereocenters. The number of fused-ring (bicyclic) bond motifs is 1. The highest BCUT2D eigenvalue weighted by molar-refractivity contribution is 5.90. The number of phenols is 1. The number of nitrogens with zero attached hydrogens (tertiary/aromatic N) is 5. The third-order valence-corrected chi connectivity index (χ3v) is 5.70. The number of ether oxygens (including phenoxy) is 2. The predicted octanol–water partition coefficient (Wildman–Crippen LogP) is 2.85. The van der Waals surface area contributed by atoms with Crippen LogP contribution < -0.4 is 9.80 Å². The minimum Gasteiger partial charge on any atom is -0.508 e. The molecule has 2 saturated heterocycles. The molecule has 0 amide bonds. The molecule has 0 radical (unpaired) electrons. The summed E-state index contributed by atoms with van der Waals surface area (Å²) in [5.74, 6) is 1.82. The summed E-state index contributed by atoms with van der Waals surface area (Å²) < 4.78 is 11.4. The average molecular weight is 422 g/mol. The van der Waals surface area contributed by atoms with Crippen molar-refractivity contribution < 1.29 is 14.6 Å². The maximum Gasteiger partial charge on any atom is 0.229 e. The Balaban J connectivity index is 1.61. The summed E-state index contributed by atoms with van der Waals surface area (Å²) in [6.07, 6.45) is 0.234. The first-order chi connectivity index (χ1) is 15.1. The Morgan fingerprint density at radius 1 is 0.871 bits per heavy atom. The maximum atomic E-state index is 9.61. The number of hydrogen-bond acceptors (Lipinski definition) is 8. The summed E-state index contributed by atoms with van der Waals surface area (Å²) in [6, 6.07) is 11.1. The third-order valence-electron chi connectivity index (χ3n) is 5.70. The molecule has 0 spiro atoms. The van der Waals surface area contributed by atoms with Crippen LogP contribution in [0.1, 0.15) is 13.8 Å². The molecular formula is C23H27N5O3. The van der Waals surface area contributed by atoms with Crippen molar-refractivity contribution in [1.29, 1.82) is 0 Å². The van der Waals surface area contributed by atoms with Crippen LogP contribution in [0.3, 0.4) is 0 Å². The molecule has 162 valence electrons. The predicted molar refractivity (Wildman–Crippen MR) is 120 cm³/mol. The van der Waals surface area contributed by atoms with Gasteiger partial charge in [0.1, 0.15) is 11.6 Å². The van der Waals surface area contributed by atoms with Crippen molar-refractivity contribution >= 4 is 22.8 Å². The molecule has 1 N–H and O–H groups in total. The van der Waals surface area contributed by atoms with E-state index < -0.39 is 0 Å². The van der Waals surface area contributed by atoms with E-state index in [4.69, 9.17) is 24.4 Å². The topological polar surface area (TPSA) is 83.8 Å². The van der Waals surface area contributed by atoms with E-state index in [1.165, 1.54) is 0 Å². The van der Waals surface area contributed by atoms with Crippen LogP contribution in [-0.4, -0.2) is 71.7 Å². The SMILES string of the molecule is CC1CN(c2nc(N3CCOCC3)c3ccc(-c4ccc(O)cc4)nc3n2)CC(C)O1. The van der Waals surface area contributed by atoms with Crippen molar-refractivity contribution in [3.63, 3.8) is 0 Å². The lowest BCUT2D eigenvalue weighted by atomic mass is 10.1. The molecule has 1 aromatic carbocycles. The lowest BCUT2D eigenvalue weighted by Gasteiger charge is -2.36. The van der Waals surface area contributed by atoms with Crippen LogP contribution in [0.4, 0.5) is 11.8 Å². The molecule has 31 heavy (non-hydrogen) atoms. The van der Waals surface area contributed by atoms with Crippen LogP contribution in [0.5, 0.6) is 5.75 Å². The van der Waals surface area contributed by atoms with Gasteiger partial charge in [-0.15, -0.1) is 0 Å². The van der Waals surface area contributed by atoms with Crippen LogP contribution in [0, 0.1) is 0 Å². The van der Waals surface area contributed by atoms with E-state index in [1.54, 1.807) is 12.1 Å². The summed E-state index contributed by atoms with van der Waals surface area (Å²) in [5, 5.41) is 10.5. The molecule has 0 saturated carbocycles. The zero-order valence-electron chi connectivity index (χ0n) is 17.9. The van der Waals surface area contributed by atoms with Crippen LogP contribution in [-0.2, 0) is 9.47 Å². The first kappa shape index (κ1) is 20.0. The van der Waals surface area contributed by atoms with Gasteiger partial charge in [0.25, 0.3) is 0 Å². The lowest BCUT2D eigenvalue weighted by molar-refractivity contribution is -0.00570. The molecule has 2 atom stereocenters. The molecule has 0 bridgehead atoms. The molecule has 8 heteroatoms. The van der Waals surface area contributed by atoms with Crippen molar-refractivity contribution in [2.24, 2.45) is 0 Å². The zero-order valence-corrected chi connectivity index (χ0v) is 17.9. The van der Waals surface area contributed by atoms with Crippen LogP contribution in [0.2, 0.25) is 0 Å². The Morgan fingerprint density at radius 3 is 2.29 bits per heavy atom. The van der Waals surface area contributed by atoms with Gasteiger partial charge in [0.15, 0.2) is 5.65 Å². The molecule has 4 heterocycles. The maximum absolute atomic E-state index is 9.61. The summed E-state index contributed by atoms with van der Waals surface area (Å²) in [6.45, 7) is 8.60. The summed E-state index contributed by atoms with van der Waals surface area (Å²) >= 11 is 0. The Morgan fingerprint density at radius 2 is 1.58 bits per heavy atom. The number of aromatic hydroxyl groups is 1. The monoisotopic (exact) mass is 421 g/mol. The van der Waals surface area contributed by atoms with Gasteiger partial charge in [-0.1, -0.05) is 0 Å². The number of aromatic nitrogens is 3. The molecule has 2 aliphatic heterocycles. The molecule has 2 aromatic heterocycles. The second-order valence-corrected chi connectivity index (χ2v) is 8.22.